The highest BCUT2D eigenvalue weighted by molar-refractivity contribution is 8.00. The van der Waals surface area contributed by atoms with Crippen molar-refractivity contribution in [3.05, 3.63) is 48.5 Å². The molecule has 1 N–H and O–H groups in total. The van der Waals surface area contributed by atoms with Crippen molar-refractivity contribution in [1.82, 2.24) is 0 Å². The van der Waals surface area contributed by atoms with Crippen LogP contribution in [-0.4, -0.2) is 43.3 Å². The first-order chi connectivity index (χ1) is 13.5. The van der Waals surface area contributed by atoms with E-state index in [2.05, 4.69) is 5.32 Å². The molecule has 7 nitrogen and oxygen atoms in total. The summed E-state index contributed by atoms with van der Waals surface area (Å²) in [5, 5.41) is 2.72. The number of nitrogens with one attached hydrogen (secondary N) is 1. The van der Waals surface area contributed by atoms with Crippen LogP contribution in [0.4, 0.5) is 11.4 Å². The van der Waals surface area contributed by atoms with Gasteiger partial charge in [0.25, 0.3) is 5.91 Å². The molecule has 2 amide bonds. The van der Waals surface area contributed by atoms with Crippen molar-refractivity contribution < 1.29 is 23.9 Å². The molecule has 3 rings (SSSR count). The van der Waals surface area contributed by atoms with E-state index in [1.807, 2.05) is 12.1 Å². The van der Waals surface area contributed by atoms with Crippen molar-refractivity contribution in [3.8, 4) is 5.75 Å². The summed E-state index contributed by atoms with van der Waals surface area (Å²) in [5.74, 6) is -0.430. The third-order valence-corrected chi connectivity index (χ3v) is 5.09. The van der Waals surface area contributed by atoms with Crippen molar-refractivity contribution >= 4 is 40.9 Å². The molecule has 0 aromatic heterocycles. The SMILES string of the molecule is COc1ccc(SCC(=O)O[C@H](C)C(=O)N2CC(=O)Nc3ccccc32)cc1. The van der Waals surface area contributed by atoms with Crippen molar-refractivity contribution in [2.75, 3.05) is 29.6 Å². The maximum absolute atomic E-state index is 12.7. The van der Waals surface area contributed by atoms with Crippen LogP contribution >= 0.6 is 11.8 Å². The molecule has 0 saturated heterocycles. The number of hydrogen-bond donors (Lipinski definition) is 1. The van der Waals surface area contributed by atoms with Gasteiger partial charge in [-0.3, -0.25) is 19.3 Å². The minimum Gasteiger partial charge on any atom is -0.497 e. The molecular formula is C20H20N2O5S. The number of ether oxygens (including phenoxy) is 2. The summed E-state index contributed by atoms with van der Waals surface area (Å²) in [6, 6.07) is 14.3. The van der Waals surface area contributed by atoms with Gasteiger partial charge in [-0.05, 0) is 43.3 Å². The second kappa shape index (κ2) is 8.79. The maximum Gasteiger partial charge on any atom is 0.317 e. The zero-order valence-electron chi connectivity index (χ0n) is 15.5. The number of methoxy groups -OCH3 is 1. The van der Waals surface area contributed by atoms with Crippen LogP contribution < -0.4 is 15.0 Å². The number of carbonyl (C=O) groups is 3. The summed E-state index contributed by atoms with van der Waals surface area (Å²) in [6.07, 6.45) is -0.997. The fourth-order valence-electron chi connectivity index (χ4n) is 2.75. The number of amides is 2. The molecule has 0 radical (unpaired) electrons. The van der Waals surface area contributed by atoms with Gasteiger partial charge in [0.15, 0.2) is 6.10 Å². The molecule has 1 heterocycles. The molecule has 2 aromatic carbocycles. The topological polar surface area (TPSA) is 84.9 Å². The van der Waals surface area contributed by atoms with Gasteiger partial charge in [-0.15, -0.1) is 11.8 Å². The summed E-state index contributed by atoms with van der Waals surface area (Å²) in [6.45, 7) is 1.39. The molecule has 2 aromatic rings. The summed E-state index contributed by atoms with van der Waals surface area (Å²) in [4.78, 5) is 39.0. The summed E-state index contributed by atoms with van der Waals surface area (Å²) in [5.41, 5.74) is 1.14. The number of nitrogens with zero attached hydrogens (tertiary/aromatic N) is 1. The molecule has 8 heteroatoms. The minimum atomic E-state index is -0.997. The van der Waals surface area contributed by atoms with Crippen LogP contribution in [0.3, 0.4) is 0 Å². The Morgan fingerprint density at radius 2 is 1.89 bits per heavy atom. The smallest absolute Gasteiger partial charge is 0.317 e. The predicted octanol–water partition coefficient (Wildman–Crippen LogP) is 2.70. The van der Waals surface area contributed by atoms with Crippen molar-refractivity contribution in [2.24, 2.45) is 0 Å². The van der Waals surface area contributed by atoms with E-state index in [1.54, 1.807) is 43.5 Å². The molecule has 1 aliphatic heterocycles. The number of carbonyl (C=O) groups excluding carboxylic acids is 3. The average Bonchev–Trinajstić information content (AvgIpc) is 2.71. The van der Waals surface area contributed by atoms with Crippen LogP contribution in [-0.2, 0) is 19.1 Å². The maximum atomic E-state index is 12.7. The highest BCUT2D eigenvalue weighted by Gasteiger charge is 2.31. The van der Waals surface area contributed by atoms with Crippen molar-refractivity contribution in [2.45, 2.75) is 17.9 Å². The van der Waals surface area contributed by atoms with Gasteiger partial charge in [0, 0.05) is 4.90 Å². The lowest BCUT2D eigenvalue weighted by atomic mass is 10.1. The van der Waals surface area contributed by atoms with Gasteiger partial charge < -0.3 is 14.8 Å². The van der Waals surface area contributed by atoms with Gasteiger partial charge >= 0.3 is 5.97 Å². The van der Waals surface area contributed by atoms with E-state index in [4.69, 9.17) is 9.47 Å². The molecule has 1 aliphatic rings. The molecule has 0 saturated carbocycles. The van der Waals surface area contributed by atoms with Crippen LogP contribution in [0.5, 0.6) is 5.75 Å². The fraction of sp³-hybridized carbons (Fsp3) is 0.250. The Morgan fingerprint density at radius 1 is 1.18 bits per heavy atom. The first kappa shape index (κ1) is 19.8. The first-order valence-electron chi connectivity index (χ1n) is 8.64. The van der Waals surface area contributed by atoms with Gasteiger partial charge in [-0.2, -0.15) is 0 Å². The predicted molar refractivity (Wildman–Crippen MR) is 107 cm³/mol. The average molecular weight is 400 g/mol. The molecule has 1 atom stereocenters. The number of benzene rings is 2. The van der Waals surface area contributed by atoms with Gasteiger partial charge in [0.2, 0.25) is 5.91 Å². The molecule has 146 valence electrons. The van der Waals surface area contributed by atoms with Crippen molar-refractivity contribution in [3.63, 3.8) is 0 Å². The van der Waals surface area contributed by atoms with Crippen LogP contribution in [0.25, 0.3) is 0 Å². The number of thioether (sulfide) groups is 1. The Labute approximate surface area is 167 Å². The lowest BCUT2D eigenvalue weighted by molar-refractivity contribution is -0.151. The van der Waals surface area contributed by atoms with Gasteiger partial charge in [0.1, 0.15) is 12.3 Å². The Balaban J connectivity index is 1.57. The summed E-state index contributed by atoms with van der Waals surface area (Å²) < 4.78 is 10.4. The summed E-state index contributed by atoms with van der Waals surface area (Å²) >= 11 is 1.31. The Hall–Kier alpha value is -3.00. The van der Waals surface area contributed by atoms with E-state index in [0.717, 1.165) is 10.6 Å². The Morgan fingerprint density at radius 3 is 2.61 bits per heavy atom. The van der Waals surface area contributed by atoms with E-state index >= 15 is 0 Å². The van der Waals surface area contributed by atoms with E-state index in [1.165, 1.54) is 23.6 Å². The fourth-order valence-corrected chi connectivity index (χ4v) is 3.43. The summed E-state index contributed by atoms with van der Waals surface area (Å²) in [7, 11) is 1.59. The zero-order chi connectivity index (χ0) is 20.1. The molecule has 0 aliphatic carbocycles. The third kappa shape index (κ3) is 4.64. The second-order valence-electron chi connectivity index (χ2n) is 6.09. The molecular weight excluding hydrogens is 380 g/mol. The van der Waals surface area contributed by atoms with E-state index in [0.29, 0.717) is 11.4 Å². The van der Waals surface area contributed by atoms with E-state index in [-0.39, 0.29) is 18.2 Å². The van der Waals surface area contributed by atoms with Gasteiger partial charge in [0.05, 0.1) is 24.2 Å². The molecule has 0 spiro atoms. The normalized spacial score (nSPS) is 13.9. The number of rotatable bonds is 6. The zero-order valence-corrected chi connectivity index (χ0v) is 16.3. The van der Waals surface area contributed by atoms with Crippen LogP contribution in [0, 0.1) is 0 Å². The number of para-hydroxylation sites is 2. The lowest BCUT2D eigenvalue weighted by Crippen LogP contribution is -2.47. The number of esters is 1. The molecule has 0 unspecified atom stereocenters. The highest BCUT2D eigenvalue weighted by atomic mass is 32.2. The van der Waals surface area contributed by atoms with Gasteiger partial charge in [-0.25, -0.2) is 0 Å². The monoisotopic (exact) mass is 400 g/mol. The molecule has 0 bridgehead atoms. The number of anilines is 2. The largest absolute Gasteiger partial charge is 0.497 e. The standard InChI is InChI=1S/C20H20N2O5S/c1-13(27-19(24)12-28-15-9-7-14(26-2)8-10-15)20(25)22-11-18(23)21-16-5-3-4-6-17(16)22/h3-10,13H,11-12H2,1-2H3,(H,21,23)/t13-/m1/s1. The molecule has 28 heavy (non-hydrogen) atoms. The number of fused-ring (bicyclic) bond motifs is 1. The number of hydrogen-bond acceptors (Lipinski definition) is 6. The quantitative estimate of drug-likeness (QED) is 0.593. The lowest BCUT2D eigenvalue weighted by Gasteiger charge is -2.30. The van der Waals surface area contributed by atoms with E-state index < -0.39 is 18.0 Å². The first-order valence-corrected chi connectivity index (χ1v) is 9.63. The molecule has 0 fully saturated rings. The third-order valence-electron chi connectivity index (χ3n) is 4.11. The Bertz CT molecular complexity index is 884. The van der Waals surface area contributed by atoms with Crippen LogP contribution in [0.15, 0.2) is 53.4 Å². The van der Waals surface area contributed by atoms with Gasteiger partial charge in [-0.1, -0.05) is 12.1 Å². The Kier molecular flexibility index (Phi) is 6.20. The second-order valence-corrected chi connectivity index (χ2v) is 7.13. The highest BCUT2D eigenvalue weighted by Crippen LogP contribution is 2.29. The van der Waals surface area contributed by atoms with Crippen molar-refractivity contribution in [1.29, 1.82) is 0 Å². The minimum absolute atomic E-state index is 0.0705. The van der Waals surface area contributed by atoms with Crippen LogP contribution in [0.2, 0.25) is 0 Å². The van der Waals surface area contributed by atoms with Crippen LogP contribution in [0.1, 0.15) is 6.92 Å². The van der Waals surface area contributed by atoms with E-state index in [9.17, 15) is 14.4 Å².